The Morgan fingerprint density at radius 3 is 2.92 bits per heavy atom. The number of urea groups is 1. The number of rotatable bonds is 7. The number of imide groups is 1. The zero-order valence-corrected chi connectivity index (χ0v) is 15.2. The first-order chi connectivity index (χ1) is 12.0. The SMILES string of the molecule is CC[C@H](C)NC(=O)NC(=O)CSc1nncn1-c1cccc(OC)c1. The van der Waals surface area contributed by atoms with Gasteiger partial charge in [0, 0.05) is 12.1 Å². The van der Waals surface area contributed by atoms with Crippen LogP contribution in [0.25, 0.3) is 5.69 Å². The van der Waals surface area contributed by atoms with Crippen LogP contribution in [0.2, 0.25) is 0 Å². The number of nitrogens with one attached hydrogen (secondary N) is 2. The molecule has 1 aromatic heterocycles. The molecule has 9 heteroatoms. The van der Waals surface area contributed by atoms with Gasteiger partial charge in [-0.2, -0.15) is 0 Å². The minimum absolute atomic E-state index is 0.0108. The van der Waals surface area contributed by atoms with Gasteiger partial charge < -0.3 is 10.1 Å². The van der Waals surface area contributed by atoms with E-state index in [1.807, 2.05) is 38.1 Å². The Morgan fingerprint density at radius 1 is 1.40 bits per heavy atom. The second-order valence-electron chi connectivity index (χ2n) is 5.30. The predicted molar refractivity (Wildman–Crippen MR) is 95.1 cm³/mol. The quantitative estimate of drug-likeness (QED) is 0.730. The second-order valence-corrected chi connectivity index (χ2v) is 6.25. The highest BCUT2D eigenvalue weighted by Crippen LogP contribution is 2.22. The van der Waals surface area contributed by atoms with Crippen molar-refractivity contribution in [2.75, 3.05) is 12.9 Å². The maximum Gasteiger partial charge on any atom is 0.321 e. The van der Waals surface area contributed by atoms with Gasteiger partial charge in [0.2, 0.25) is 5.91 Å². The van der Waals surface area contributed by atoms with Crippen molar-refractivity contribution in [1.29, 1.82) is 0 Å². The van der Waals surface area contributed by atoms with Crippen LogP contribution in [0.1, 0.15) is 20.3 Å². The molecule has 2 rings (SSSR count). The Balaban J connectivity index is 1.95. The fourth-order valence-corrected chi connectivity index (χ4v) is 2.64. The molecule has 1 atom stereocenters. The maximum absolute atomic E-state index is 11.9. The molecule has 3 amide bonds. The maximum atomic E-state index is 11.9. The molecule has 0 aliphatic heterocycles. The topological polar surface area (TPSA) is 98.1 Å². The van der Waals surface area contributed by atoms with Gasteiger partial charge in [0.15, 0.2) is 5.16 Å². The van der Waals surface area contributed by atoms with E-state index < -0.39 is 11.9 Å². The van der Waals surface area contributed by atoms with Crippen LogP contribution in [-0.2, 0) is 4.79 Å². The first-order valence-electron chi connectivity index (χ1n) is 7.81. The first-order valence-corrected chi connectivity index (χ1v) is 8.79. The molecule has 0 saturated carbocycles. The van der Waals surface area contributed by atoms with E-state index in [0.717, 1.165) is 12.1 Å². The van der Waals surface area contributed by atoms with Crippen molar-refractivity contribution >= 4 is 23.7 Å². The third-order valence-corrected chi connectivity index (χ3v) is 4.37. The summed E-state index contributed by atoms with van der Waals surface area (Å²) in [6.45, 7) is 3.82. The van der Waals surface area contributed by atoms with Crippen molar-refractivity contribution in [1.82, 2.24) is 25.4 Å². The van der Waals surface area contributed by atoms with Crippen molar-refractivity contribution in [3.05, 3.63) is 30.6 Å². The number of ether oxygens (including phenoxy) is 1. The molecule has 25 heavy (non-hydrogen) atoms. The average Bonchev–Trinajstić information content (AvgIpc) is 3.08. The highest BCUT2D eigenvalue weighted by Gasteiger charge is 2.13. The zero-order valence-electron chi connectivity index (χ0n) is 14.4. The molecule has 0 aliphatic rings. The lowest BCUT2D eigenvalue weighted by Crippen LogP contribution is -2.43. The van der Waals surface area contributed by atoms with Crippen molar-refractivity contribution in [3.8, 4) is 11.4 Å². The fraction of sp³-hybridized carbons (Fsp3) is 0.375. The second kappa shape index (κ2) is 9.07. The highest BCUT2D eigenvalue weighted by atomic mass is 32.2. The number of thioether (sulfide) groups is 1. The van der Waals surface area contributed by atoms with Crippen LogP contribution in [0.4, 0.5) is 4.79 Å². The standard InChI is InChI=1S/C16H21N5O3S/c1-4-11(2)18-15(23)19-14(22)9-25-16-20-17-10-21(16)12-6-5-7-13(8-12)24-3/h5-8,10-11H,4,9H2,1-3H3,(H2,18,19,22,23)/t11-/m0/s1. The summed E-state index contributed by atoms with van der Waals surface area (Å²) in [4.78, 5) is 23.5. The zero-order chi connectivity index (χ0) is 18.2. The molecule has 0 fully saturated rings. The Bertz CT molecular complexity index is 734. The van der Waals surface area contributed by atoms with E-state index in [-0.39, 0.29) is 11.8 Å². The Kier molecular flexibility index (Phi) is 6.81. The number of benzene rings is 1. The molecule has 1 aromatic carbocycles. The van der Waals surface area contributed by atoms with Crippen LogP contribution >= 0.6 is 11.8 Å². The molecule has 0 spiro atoms. The number of amides is 3. The van der Waals surface area contributed by atoms with Gasteiger partial charge in [-0.3, -0.25) is 14.7 Å². The highest BCUT2D eigenvalue weighted by molar-refractivity contribution is 7.99. The fourth-order valence-electron chi connectivity index (χ4n) is 1.92. The van der Waals surface area contributed by atoms with Crippen molar-refractivity contribution < 1.29 is 14.3 Å². The van der Waals surface area contributed by atoms with E-state index in [1.54, 1.807) is 18.0 Å². The van der Waals surface area contributed by atoms with Crippen LogP contribution in [0.15, 0.2) is 35.7 Å². The van der Waals surface area contributed by atoms with Crippen LogP contribution in [0, 0.1) is 0 Å². The summed E-state index contributed by atoms with van der Waals surface area (Å²) in [6, 6.07) is 6.94. The molecule has 0 radical (unpaired) electrons. The van der Waals surface area contributed by atoms with Gasteiger partial charge in [0.1, 0.15) is 12.1 Å². The molecule has 2 aromatic rings. The lowest BCUT2D eigenvalue weighted by Gasteiger charge is -2.11. The molecule has 2 N–H and O–H groups in total. The molecular weight excluding hydrogens is 342 g/mol. The summed E-state index contributed by atoms with van der Waals surface area (Å²) in [5.41, 5.74) is 0.821. The summed E-state index contributed by atoms with van der Waals surface area (Å²) in [5.74, 6) is 0.365. The normalized spacial score (nSPS) is 11.6. The van der Waals surface area contributed by atoms with Crippen LogP contribution in [0.5, 0.6) is 5.75 Å². The molecule has 0 aliphatic carbocycles. The van der Waals surface area contributed by atoms with E-state index in [2.05, 4.69) is 20.8 Å². The van der Waals surface area contributed by atoms with Crippen molar-refractivity contribution in [2.24, 2.45) is 0 Å². The number of carbonyl (C=O) groups excluding carboxylic acids is 2. The predicted octanol–water partition coefficient (Wildman–Crippen LogP) is 1.99. The third kappa shape index (κ3) is 5.49. The van der Waals surface area contributed by atoms with Gasteiger partial charge in [0.25, 0.3) is 0 Å². The molecule has 1 heterocycles. The van der Waals surface area contributed by atoms with Gasteiger partial charge in [-0.15, -0.1) is 10.2 Å². The van der Waals surface area contributed by atoms with E-state index in [4.69, 9.17) is 4.74 Å². The Morgan fingerprint density at radius 2 is 2.20 bits per heavy atom. The lowest BCUT2D eigenvalue weighted by atomic mass is 10.3. The van der Waals surface area contributed by atoms with Gasteiger partial charge in [-0.05, 0) is 25.5 Å². The summed E-state index contributed by atoms with van der Waals surface area (Å²) >= 11 is 1.19. The summed E-state index contributed by atoms with van der Waals surface area (Å²) in [6.07, 6.45) is 2.35. The van der Waals surface area contributed by atoms with Crippen molar-refractivity contribution in [2.45, 2.75) is 31.5 Å². The van der Waals surface area contributed by atoms with Crippen LogP contribution in [0.3, 0.4) is 0 Å². The van der Waals surface area contributed by atoms with Crippen LogP contribution in [-0.4, -0.2) is 45.6 Å². The molecule has 8 nitrogen and oxygen atoms in total. The monoisotopic (exact) mass is 363 g/mol. The summed E-state index contributed by atoms with van der Waals surface area (Å²) in [7, 11) is 1.59. The number of aromatic nitrogens is 3. The largest absolute Gasteiger partial charge is 0.497 e. The number of carbonyl (C=O) groups is 2. The number of methoxy groups -OCH3 is 1. The molecular formula is C16H21N5O3S. The molecule has 0 saturated heterocycles. The van der Waals surface area contributed by atoms with Gasteiger partial charge >= 0.3 is 6.03 Å². The smallest absolute Gasteiger partial charge is 0.321 e. The van der Waals surface area contributed by atoms with E-state index in [9.17, 15) is 9.59 Å². The number of hydrogen-bond donors (Lipinski definition) is 2. The molecule has 0 unspecified atom stereocenters. The average molecular weight is 363 g/mol. The third-order valence-electron chi connectivity index (χ3n) is 3.42. The van der Waals surface area contributed by atoms with Gasteiger partial charge in [-0.25, -0.2) is 4.79 Å². The minimum Gasteiger partial charge on any atom is -0.497 e. The number of hydrogen-bond acceptors (Lipinski definition) is 6. The molecule has 134 valence electrons. The molecule has 0 bridgehead atoms. The van der Waals surface area contributed by atoms with Gasteiger partial charge in [0.05, 0.1) is 18.6 Å². The lowest BCUT2D eigenvalue weighted by molar-refractivity contribution is -0.117. The minimum atomic E-state index is -0.491. The van der Waals surface area contributed by atoms with Crippen molar-refractivity contribution in [3.63, 3.8) is 0 Å². The van der Waals surface area contributed by atoms with Crippen LogP contribution < -0.4 is 15.4 Å². The summed E-state index contributed by atoms with van der Waals surface area (Å²) in [5, 5.41) is 13.4. The van der Waals surface area contributed by atoms with E-state index in [0.29, 0.717) is 10.9 Å². The first kappa shape index (κ1) is 18.8. The van der Waals surface area contributed by atoms with E-state index in [1.165, 1.54) is 11.8 Å². The Labute approximate surface area is 150 Å². The Hall–Kier alpha value is -2.55. The van der Waals surface area contributed by atoms with Gasteiger partial charge in [-0.1, -0.05) is 24.8 Å². The number of nitrogens with zero attached hydrogens (tertiary/aromatic N) is 3. The summed E-state index contributed by atoms with van der Waals surface area (Å²) < 4.78 is 6.96. The van der Waals surface area contributed by atoms with E-state index >= 15 is 0 Å².